The lowest BCUT2D eigenvalue weighted by Crippen LogP contribution is -2.22. The molecule has 2 rings (SSSR count). The number of ketones is 2. The molecule has 1 aliphatic carbocycles. The number of hydrogen-bond acceptors (Lipinski definition) is 2. The maximum Gasteiger partial charge on any atom is 0.179 e. The Bertz CT molecular complexity index is 427. The van der Waals surface area contributed by atoms with E-state index in [0.717, 1.165) is 25.7 Å². The quantitative estimate of drug-likeness (QED) is 0.787. The lowest BCUT2D eigenvalue weighted by molar-refractivity contribution is 0.0920. The minimum atomic E-state index is -0.0430. The fourth-order valence-electron chi connectivity index (χ4n) is 2.65. The number of unbranched alkanes of at least 4 members (excludes halogenated alkanes) is 1. The summed E-state index contributed by atoms with van der Waals surface area (Å²) in [6.07, 6.45) is 3.96. The second-order valence-electron chi connectivity index (χ2n) is 4.86. The highest BCUT2D eigenvalue weighted by Gasteiger charge is 2.42. The number of hydrogen-bond donors (Lipinski definition) is 0. The van der Waals surface area contributed by atoms with Gasteiger partial charge in [-0.25, -0.2) is 0 Å². The Labute approximate surface area is 108 Å². The van der Waals surface area contributed by atoms with E-state index >= 15 is 0 Å². The molecule has 0 aliphatic heterocycles. The Kier molecular flexibility index (Phi) is 3.95. The van der Waals surface area contributed by atoms with Crippen LogP contribution in [-0.2, 0) is 0 Å². The highest BCUT2D eigenvalue weighted by molar-refractivity contribution is 6.36. The predicted octanol–water partition coefficient (Wildman–Crippen LogP) is 3.86. The van der Waals surface area contributed by atoms with Gasteiger partial charge in [0.2, 0.25) is 0 Å². The van der Waals surface area contributed by atoms with Gasteiger partial charge < -0.3 is 0 Å². The molecule has 1 atom stereocenters. The summed E-state index contributed by atoms with van der Waals surface area (Å²) >= 11 is 0. The van der Waals surface area contributed by atoms with Crippen LogP contribution in [0, 0.1) is 11.8 Å². The van der Waals surface area contributed by atoms with Crippen molar-refractivity contribution < 1.29 is 9.59 Å². The van der Waals surface area contributed by atoms with E-state index in [1.54, 1.807) is 12.1 Å². The van der Waals surface area contributed by atoms with Gasteiger partial charge in [0, 0.05) is 11.1 Å². The molecule has 1 aromatic rings. The molecule has 2 heteroatoms. The molecule has 1 aliphatic rings. The van der Waals surface area contributed by atoms with Crippen LogP contribution in [0.2, 0.25) is 0 Å². The molecule has 0 fully saturated rings. The number of benzene rings is 1. The molecular weight excluding hydrogens is 224 g/mol. The second kappa shape index (κ2) is 5.47. The van der Waals surface area contributed by atoms with Crippen molar-refractivity contribution in [1.29, 1.82) is 0 Å². The molecular formula is C16H19O2. The third-order valence-electron chi connectivity index (χ3n) is 3.71. The molecule has 1 aromatic carbocycles. The van der Waals surface area contributed by atoms with Crippen LogP contribution < -0.4 is 0 Å². The van der Waals surface area contributed by atoms with Crippen molar-refractivity contribution in [3.05, 3.63) is 41.3 Å². The minimum absolute atomic E-state index is 0.0430. The van der Waals surface area contributed by atoms with Crippen LogP contribution in [-0.4, -0.2) is 11.6 Å². The lowest BCUT2D eigenvalue weighted by Gasteiger charge is -2.18. The maximum atomic E-state index is 12.3. The van der Waals surface area contributed by atoms with Gasteiger partial charge in [0.25, 0.3) is 0 Å². The van der Waals surface area contributed by atoms with E-state index in [-0.39, 0.29) is 17.5 Å². The molecule has 0 saturated heterocycles. The third-order valence-corrected chi connectivity index (χ3v) is 3.71. The Hall–Kier alpha value is -1.44. The molecule has 2 nitrogen and oxygen atoms in total. The maximum absolute atomic E-state index is 12.3. The van der Waals surface area contributed by atoms with Crippen LogP contribution >= 0.6 is 0 Å². The lowest BCUT2D eigenvalue weighted by atomic mass is 9.83. The summed E-state index contributed by atoms with van der Waals surface area (Å²) in [5.74, 6) is 0.557. The molecule has 0 heterocycles. The number of Topliss-reactive ketones (excluding diaryl/α,β-unsaturated/α-hetero) is 2. The number of rotatable bonds is 5. The molecule has 0 N–H and O–H groups in total. The van der Waals surface area contributed by atoms with E-state index < -0.39 is 0 Å². The second-order valence-corrected chi connectivity index (χ2v) is 4.86. The van der Waals surface area contributed by atoms with Crippen molar-refractivity contribution in [2.45, 2.75) is 39.5 Å². The highest BCUT2D eigenvalue weighted by atomic mass is 16.2. The van der Waals surface area contributed by atoms with Gasteiger partial charge in [0.05, 0.1) is 0 Å². The van der Waals surface area contributed by atoms with Gasteiger partial charge in [-0.3, -0.25) is 9.59 Å². The van der Waals surface area contributed by atoms with Crippen molar-refractivity contribution >= 4 is 11.6 Å². The monoisotopic (exact) mass is 243 g/mol. The standard InChI is InChI=1S/C16H19O2/c1-3-5-8-11(4-2)14-15(17)12-9-6-7-10-13(12)16(14)18/h6-7,9-11H,3-5,8H2,1-2H3. The van der Waals surface area contributed by atoms with Crippen LogP contribution in [0.25, 0.3) is 0 Å². The Morgan fingerprint density at radius 2 is 1.56 bits per heavy atom. The van der Waals surface area contributed by atoms with Gasteiger partial charge >= 0.3 is 0 Å². The summed E-state index contributed by atoms with van der Waals surface area (Å²) in [5.41, 5.74) is 1.18. The van der Waals surface area contributed by atoms with Gasteiger partial charge in [-0.05, 0) is 12.3 Å². The Morgan fingerprint density at radius 1 is 1.00 bits per heavy atom. The summed E-state index contributed by atoms with van der Waals surface area (Å²) in [6.45, 7) is 4.18. The van der Waals surface area contributed by atoms with Crippen molar-refractivity contribution in [3.8, 4) is 0 Å². The Morgan fingerprint density at radius 3 is 2.00 bits per heavy atom. The fraction of sp³-hybridized carbons (Fsp3) is 0.438. The smallest absolute Gasteiger partial charge is 0.179 e. The first-order chi connectivity index (χ1) is 8.70. The van der Waals surface area contributed by atoms with E-state index in [4.69, 9.17) is 0 Å². The van der Waals surface area contributed by atoms with Gasteiger partial charge in [-0.2, -0.15) is 0 Å². The Balaban J connectivity index is 2.26. The minimum Gasteiger partial charge on any atom is -0.293 e. The van der Waals surface area contributed by atoms with Gasteiger partial charge in [-0.1, -0.05) is 57.4 Å². The fourth-order valence-corrected chi connectivity index (χ4v) is 2.65. The zero-order valence-corrected chi connectivity index (χ0v) is 11.0. The van der Waals surface area contributed by atoms with Crippen LogP contribution in [0.5, 0.6) is 0 Å². The topological polar surface area (TPSA) is 34.1 Å². The van der Waals surface area contributed by atoms with Crippen molar-refractivity contribution in [1.82, 2.24) is 0 Å². The van der Waals surface area contributed by atoms with E-state index in [2.05, 4.69) is 13.8 Å². The largest absolute Gasteiger partial charge is 0.293 e. The van der Waals surface area contributed by atoms with E-state index in [9.17, 15) is 9.59 Å². The molecule has 1 radical (unpaired) electrons. The van der Waals surface area contributed by atoms with Crippen LogP contribution in [0.1, 0.15) is 60.2 Å². The number of fused-ring (bicyclic) bond motifs is 1. The van der Waals surface area contributed by atoms with Crippen molar-refractivity contribution in [3.63, 3.8) is 0 Å². The molecule has 1 unspecified atom stereocenters. The van der Waals surface area contributed by atoms with Crippen molar-refractivity contribution in [2.75, 3.05) is 0 Å². The number of carbonyl (C=O) groups excluding carboxylic acids is 2. The average Bonchev–Trinajstić information content (AvgIpc) is 2.65. The zero-order valence-electron chi connectivity index (χ0n) is 11.0. The first kappa shape index (κ1) is 13.0. The molecule has 0 spiro atoms. The summed E-state index contributed by atoms with van der Waals surface area (Å²) in [4.78, 5) is 24.6. The first-order valence-electron chi connectivity index (χ1n) is 6.75. The van der Waals surface area contributed by atoms with Crippen LogP contribution in [0.15, 0.2) is 24.3 Å². The average molecular weight is 243 g/mol. The van der Waals surface area contributed by atoms with Gasteiger partial charge in [0.15, 0.2) is 11.6 Å². The van der Waals surface area contributed by atoms with Gasteiger partial charge in [-0.15, -0.1) is 0 Å². The van der Waals surface area contributed by atoms with E-state index in [0.29, 0.717) is 17.0 Å². The molecule has 18 heavy (non-hydrogen) atoms. The van der Waals surface area contributed by atoms with E-state index in [1.807, 2.05) is 12.1 Å². The summed E-state index contributed by atoms with van der Waals surface area (Å²) in [7, 11) is 0. The molecule has 0 amide bonds. The SMILES string of the molecule is CCCCC(CC)[C]1C(=O)c2ccccc2C1=O. The predicted molar refractivity (Wildman–Crippen MR) is 71.7 cm³/mol. The van der Waals surface area contributed by atoms with Gasteiger partial charge in [0.1, 0.15) is 5.92 Å². The zero-order chi connectivity index (χ0) is 13.1. The molecule has 95 valence electrons. The number of carbonyl (C=O) groups is 2. The van der Waals surface area contributed by atoms with E-state index in [1.165, 1.54) is 0 Å². The summed E-state index contributed by atoms with van der Waals surface area (Å²) in [6, 6.07) is 7.16. The molecule has 0 saturated carbocycles. The van der Waals surface area contributed by atoms with Crippen LogP contribution in [0.3, 0.4) is 0 Å². The van der Waals surface area contributed by atoms with Crippen LogP contribution in [0.4, 0.5) is 0 Å². The normalized spacial score (nSPS) is 17.0. The summed E-state index contributed by atoms with van der Waals surface area (Å²) in [5, 5.41) is 0. The highest BCUT2D eigenvalue weighted by Crippen LogP contribution is 2.36. The first-order valence-corrected chi connectivity index (χ1v) is 6.75. The van der Waals surface area contributed by atoms with Crippen molar-refractivity contribution in [2.24, 2.45) is 5.92 Å². The molecule has 0 aromatic heterocycles. The summed E-state index contributed by atoms with van der Waals surface area (Å²) < 4.78 is 0. The molecule has 0 bridgehead atoms. The third kappa shape index (κ3) is 2.12.